The fourth-order valence-electron chi connectivity index (χ4n) is 2.99. The average Bonchev–Trinajstić information content (AvgIpc) is 3.17. The lowest BCUT2D eigenvalue weighted by Crippen LogP contribution is -2.14. The monoisotopic (exact) mass is 439 g/mol. The minimum Gasteiger partial charge on any atom is -0.497 e. The van der Waals surface area contributed by atoms with Crippen LogP contribution in [0.3, 0.4) is 0 Å². The predicted octanol–water partition coefficient (Wildman–Crippen LogP) is 5.00. The van der Waals surface area contributed by atoms with E-state index < -0.39 is 10.0 Å². The van der Waals surface area contributed by atoms with Crippen molar-refractivity contribution in [3.05, 3.63) is 90.1 Å². The lowest BCUT2D eigenvalue weighted by atomic mass is 10.1. The number of nitrogens with zero attached hydrogens (tertiary/aromatic N) is 2. The van der Waals surface area contributed by atoms with Gasteiger partial charge in [-0.15, -0.1) is 5.10 Å². The molecule has 1 heterocycles. The molecule has 152 valence electrons. The molecule has 0 unspecified atom stereocenters. The molecule has 0 aliphatic carbocycles. The minimum atomic E-state index is -3.82. The van der Waals surface area contributed by atoms with Gasteiger partial charge < -0.3 is 4.74 Å². The van der Waals surface area contributed by atoms with E-state index >= 15 is 0 Å². The number of hydrogen-bond donors (Lipinski definition) is 1. The van der Waals surface area contributed by atoms with Gasteiger partial charge in [-0.1, -0.05) is 48.0 Å². The van der Waals surface area contributed by atoms with Crippen LogP contribution in [0.15, 0.2) is 90.0 Å². The van der Waals surface area contributed by atoms with Gasteiger partial charge in [0.2, 0.25) is 0 Å². The van der Waals surface area contributed by atoms with E-state index in [2.05, 4.69) is 9.82 Å². The Hall–Kier alpha value is -3.29. The Labute approximate surface area is 179 Å². The van der Waals surface area contributed by atoms with Gasteiger partial charge in [-0.2, -0.15) is 0 Å². The molecule has 3 aromatic carbocycles. The largest absolute Gasteiger partial charge is 0.497 e. The summed E-state index contributed by atoms with van der Waals surface area (Å²) in [4.78, 5) is 0.152. The second-order valence-electron chi connectivity index (χ2n) is 6.47. The first-order valence-electron chi connectivity index (χ1n) is 9.04. The third-order valence-electron chi connectivity index (χ3n) is 4.45. The van der Waals surface area contributed by atoms with E-state index in [0.29, 0.717) is 22.0 Å². The topological polar surface area (TPSA) is 73.2 Å². The SMILES string of the molecule is COc1cccc(-c2cn(-c3cccc(Cl)c3)nc2NS(=O)(=O)c2ccccc2)c1. The van der Waals surface area contributed by atoms with Crippen molar-refractivity contribution in [1.82, 2.24) is 9.78 Å². The molecule has 0 amide bonds. The summed E-state index contributed by atoms with van der Waals surface area (Å²) >= 11 is 6.12. The third-order valence-corrected chi connectivity index (χ3v) is 6.04. The molecule has 0 bridgehead atoms. The first-order chi connectivity index (χ1) is 14.5. The number of aromatic nitrogens is 2. The Balaban J connectivity index is 1.83. The zero-order valence-electron chi connectivity index (χ0n) is 16.0. The molecule has 8 heteroatoms. The van der Waals surface area contributed by atoms with Crippen molar-refractivity contribution in [3.8, 4) is 22.6 Å². The van der Waals surface area contributed by atoms with Crippen molar-refractivity contribution in [1.29, 1.82) is 0 Å². The van der Waals surface area contributed by atoms with Gasteiger partial charge in [-0.3, -0.25) is 4.72 Å². The van der Waals surface area contributed by atoms with Crippen molar-refractivity contribution in [2.24, 2.45) is 0 Å². The van der Waals surface area contributed by atoms with Gasteiger partial charge in [0.15, 0.2) is 5.82 Å². The van der Waals surface area contributed by atoms with Gasteiger partial charge in [0.25, 0.3) is 10.0 Å². The summed E-state index contributed by atoms with van der Waals surface area (Å²) in [6.07, 6.45) is 1.75. The molecule has 6 nitrogen and oxygen atoms in total. The van der Waals surface area contributed by atoms with Gasteiger partial charge in [0.1, 0.15) is 5.75 Å². The first kappa shape index (κ1) is 20.0. The van der Waals surface area contributed by atoms with E-state index in [0.717, 1.165) is 5.56 Å². The molecule has 0 atom stereocenters. The van der Waals surface area contributed by atoms with Crippen LogP contribution in [0.2, 0.25) is 5.02 Å². The zero-order chi connectivity index (χ0) is 21.1. The second-order valence-corrected chi connectivity index (χ2v) is 8.59. The van der Waals surface area contributed by atoms with E-state index in [-0.39, 0.29) is 10.7 Å². The fourth-order valence-corrected chi connectivity index (χ4v) is 4.21. The van der Waals surface area contributed by atoms with Gasteiger partial charge in [-0.05, 0) is 48.0 Å². The average molecular weight is 440 g/mol. The van der Waals surface area contributed by atoms with Gasteiger partial charge in [0, 0.05) is 16.8 Å². The number of halogens is 1. The molecule has 4 aromatic rings. The third kappa shape index (κ3) is 4.17. The lowest BCUT2D eigenvalue weighted by molar-refractivity contribution is 0.415. The Kier molecular flexibility index (Phi) is 5.48. The van der Waals surface area contributed by atoms with Crippen molar-refractivity contribution >= 4 is 27.4 Å². The highest BCUT2D eigenvalue weighted by Gasteiger charge is 2.20. The highest BCUT2D eigenvalue weighted by atomic mass is 35.5. The van der Waals surface area contributed by atoms with E-state index in [1.54, 1.807) is 54.4 Å². The molecule has 0 aliphatic rings. The van der Waals surface area contributed by atoms with Crippen LogP contribution in [0.25, 0.3) is 16.8 Å². The summed E-state index contributed by atoms with van der Waals surface area (Å²) in [6, 6.07) is 22.6. The standard InChI is InChI=1S/C22H18ClN3O3S/c1-29-19-10-5-7-16(13-19)21-15-26(18-9-6-8-17(23)14-18)24-22(21)25-30(27,28)20-11-3-2-4-12-20/h2-15H,1H3,(H,24,25). The van der Waals surface area contributed by atoms with Crippen molar-refractivity contribution in [2.75, 3.05) is 11.8 Å². The van der Waals surface area contributed by atoms with Crippen LogP contribution in [-0.2, 0) is 10.0 Å². The summed E-state index contributed by atoms with van der Waals surface area (Å²) in [5.74, 6) is 0.854. The molecule has 0 fully saturated rings. The fraction of sp³-hybridized carbons (Fsp3) is 0.0455. The number of methoxy groups -OCH3 is 1. The van der Waals surface area contributed by atoms with Gasteiger partial charge in [0.05, 0.1) is 17.7 Å². The van der Waals surface area contributed by atoms with Crippen LogP contribution in [0.1, 0.15) is 0 Å². The zero-order valence-corrected chi connectivity index (χ0v) is 17.6. The molecule has 1 N–H and O–H groups in total. The summed E-state index contributed by atoms with van der Waals surface area (Å²) in [5, 5.41) is 5.04. The van der Waals surface area contributed by atoms with Crippen molar-refractivity contribution in [3.63, 3.8) is 0 Å². The van der Waals surface area contributed by atoms with E-state index in [4.69, 9.17) is 16.3 Å². The molecular weight excluding hydrogens is 422 g/mol. The lowest BCUT2D eigenvalue weighted by Gasteiger charge is -2.08. The van der Waals surface area contributed by atoms with Gasteiger partial charge in [-0.25, -0.2) is 13.1 Å². The Morgan fingerprint density at radius 2 is 1.73 bits per heavy atom. The molecule has 4 rings (SSSR count). The molecular formula is C22H18ClN3O3S. The van der Waals surface area contributed by atoms with Crippen LogP contribution in [0.5, 0.6) is 5.75 Å². The Bertz CT molecular complexity index is 1290. The van der Waals surface area contributed by atoms with E-state index in [1.165, 1.54) is 12.1 Å². The Morgan fingerprint density at radius 1 is 0.967 bits per heavy atom. The van der Waals surface area contributed by atoms with Crippen LogP contribution in [0.4, 0.5) is 5.82 Å². The van der Waals surface area contributed by atoms with Crippen molar-refractivity contribution < 1.29 is 13.2 Å². The molecule has 0 spiro atoms. The second kappa shape index (κ2) is 8.22. The smallest absolute Gasteiger partial charge is 0.263 e. The molecule has 30 heavy (non-hydrogen) atoms. The quantitative estimate of drug-likeness (QED) is 0.458. The van der Waals surface area contributed by atoms with Crippen LogP contribution in [-0.4, -0.2) is 25.3 Å². The van der Waals surface area contributed by atoms with E-state index in [9.17, 15) is 8.42 Å². The van der Waals surface area contributed by atoms with Crippen LogP contribution >= 0.6 is 11.6 Å². The van der Waals surface area contributed by atoms with Crippen LogP contribution < -0.4 is 9.46 Å². The van der Waals surface area contributed by atoms with Gasteiger partial charge >= 0.3 is 0 Å². The molecule has 0 radical (unpaired) electrons. The summed E-state index contributed by atoms with van der Waals surface area (Å²) in [5.41, 5.74) is 2.07. The maximum atomic E-state index is 12.9. The van der Waals surface area contributed by atoms with E-state index in [1.807, 2.05) is 30.3 Å². The number of ether oxygens (including phenoxy) is 1. The number of nitrogens with one attached hydrogen (secondary N) is 1. The number of hydrogen-bond acceptors (Lipinski definition) is 4. The minimum absolute atomic E-state index is 0.152. The molecule has 0 saturated carbocycles. The highest BCUT2D eigenvalue weighted by Crippen LogP contribution is 2.32. The highest BCUT2D eigenvalue weighted by molar-refractivity contribution is 7.92. The summed E-state index contributed by atoms with van der Waals surface area (Å²) < 4.78 is 35.3. The normalized spacial score (nSPS) is 11.3. The number of sulfonamides is 1. The molecule has 0 aliphatic heterocycles. The maximum absolute atomic E-state index is 12.9. The van der Waals surface area contributed by atoms with Crippen LogP contribution in [0, 0.1) is 0 Å². The molecule has 0 saturated heterocycles. The molecule has 1 aromatic heterocycles. The van der Waals surface area contributed by atoms with Crippen molar-refractivity contribution in [2.45, 2.75) is 4.90 Å². The Morgan fingerprint density at radius 3 is 2.47 bits per heavy atom. The number of anilines is 1. The number of rotatable bonds is 6. The predicted molar refractivity (Wildman–Crippen MR) is 118 cm³/mol. The maximum Gasteiger partial charge on any atom is 0.263 e. The number of benzene rings is 3. The first-order valence-corrected chi connectivity index (χ1v) is 10.9. The summed E-state index contributed by atoms with van der Waals surface area (Å²) in [6.45, 7) is 0. The summed E-state index contributed by atoms with van der Waals surface area (Å²) in [7, 11) is -2.24.